The van der Waals surface area contributed by atoms with E-state index in [1.807, 2.05) is 54.7 Å². The zero-order valence-corrected chi connectivity index (χ0v) is 19.2. The van der Waals surface area contributed by atoms with Crippen LogP contribution in [0.1, 0.15) is 39.5 Å². The average Bonchev–Trinajstić information content (AvgIpc) is 3.50. The predicted molar refractivity (Wildman–Crippen MR) is 131 cm³/mol. The average molecular weight is 471 g/mol. The lowest BCUT2D eigenvalue weighted by Gasteiger charge is -2.26. The van der Waals surface area contributed by atoms with Crippen molar-refractivity contribution in [1.29, 1.82) is 0 Å². The summed E-state index contributed by atoms with van der Waals surface area (Å²) in [6.07, 6.45) is 5.35. The number of furan rings is 1. The first-order valence-electron chi connectivity index (χ1n) is 10.8. The molecule has 2 atom stereocenters. The van der Waals surface area contributed by atoms with Gasteiger partial charge in [0.2, 0.25) is 0 Å². The lowest BCUT2D eigenvalue weighted by molar-refractivity contribution is 0.0601. The van der Waals surface area contributed by atoms with Crippen LogP contribution in [0.25, 0.3) is 11.3 Å². The second kappa shape index (κ2) is 9.44. The SMILES string of the molecule is COC(=O)c1cccc(-c2ccc([C@H]3[C@H](c4ccccn4)NC(=S)N3Cc3cccnc3)o2)c1. The van der Waals surface area contributed by atoms with Gasteiger partial charge in [0.15, 0.2) is 5.11 Å². The molecular formula is C26H22N4O3S. The summed E-state index contributed by atoms with van der Waals surface area (Å²) in [4.78, 5) is 22.9. The molecule has 0 spiro atoms. The number of hydrogen-bond donors (Lipinski definition) is 1. The van der Waals surface area contributed by atoms with Gasteiger partial charge in [0.1, 0.15) is 17.6 Å². The number of pyridine rings is 2. The minimum Gasteiger partial charge on any atom is -0.465 e. The summed E-state index contributed by atoms with van der Waals surface area (Å²) in [5.41, 5.74) is 3.16. The van der Waals surface area contributed by atoms with Crippen molar-refractivity contribution in [1.82, 2.24) is 20.2 Å². The number of ether oxygens (including phenoxy) is 1. The van der Waals surface area contributed by atoms with Gasteiger partial charge in [-0.3, -0.25) is 9.97 Å². The van der Waals surface area contributed by atoms with Crippen molar-refractivity contribution in [3.05, 3.63) is 108 Å². The number of thiocarbonyl (C=S) groups is 1. The van der Waals surface area contributed by atoms with E-state index in [1.165, 1.54) is 7.11 Å². The van der Waals surface area contributed by atoms with Crippen LogP contribution in [-0.4, -0.2) is 33.1 Å². The number of methoxy groups -OCH3 is 1. The van der Waals surface area contributed by atoms with E-state index in [2.05, 4.69) is 20.2 Å². The van der Waals surface area contributed by atoms with Crippen molar-refractivity contribution in [2.75, 3.05) is 7.11 Å². The first-order chi connectivity index (χ1) is 16.6. The molecular weight excluding hydrogens is 448 g/mol. The maximum atomic E-state index is 12.0. The molecule has 1 aliphatic heterocycles. The fourth-order valence-corrected chi connectivity index (χ4v) is 4.46. The van der Waals surface area contributed by atoms with Gasteiger partial charge in [-0.15, -0.1) is 0 Å². The number of hydrogen-bond acceptors (Lipinski definition) is 6. The minimum atomic E-state index is -0.392. The number of carbonyl (C=O) groups is 1. The number of benzene rings is 1. The Kier molecular flexibility index (Phi) is 6.05. The van der Waals surface area contributed by atoms with E-state index in [1.54, 1.807) is 30.6 Å². The molecule has 0 saturated carbocycles. The maximum absolute atomic E-state index is 12.0. The molecule has 0 amide bonds. The van der Waals surface area contributed by atoms with Crippen LogP contribution in [0.2, 0.25) is 0 Å². The molecule has 0 aliphatic carbocycles. The molecule has 4 aromatic rings. The number of aromatic nitrogens is 2. The number of esters is 1. The lowest BCUT2D eigenvalue weighted by Crippen LogP contribution is -2.29. The van der Waals surface area contributed by atoms with Gasteiger partial charge in [-0.2, -0.15) is 0 Å². The molecule has 7 nitrogen and oxygen atoms in total. The predicted octanol–water partition coefficient (Wildman–Crippen LogP) is 4.70. The topological polar surface area (TPSA) is 80.5 Å². The molecule has 3 aromatic heterocycles. The molecule has 0 unspecified atom stereocenters. The summed E-state index contributed by atoms with van der Waals surface area (Å²) in [6, 6.07) is 20.4. The first-order valence-corrected chi connectivity index (χ1v) is 11.2. The van der Waals surface area contributed by atoms with Gasteiger partial charge >= 0.3 is 5.97 Å². The Labute approximate surface area is 202 Å². The molecule has 8 heteroatoms. The smallest absolute Gasteiger partial charge is 0.337 e. The van der Waals surface area contributed by atoms with E-state index < -0.39 is 5.97 Å². The highest BCUT2D eigenvalue weighted by Crippen LogP contribution is 2.41. The second-order valence-electron chi connectivity index (χ2n) is 7.89. The van der Waals surface area contributed by atoms with Crippen molar-refractivity contribution in [2.45, 2.75) is 18.6 Å². The van der Waals surface area contributed by atoms with Crippen molar-refractivity contribution >= 4 is 23.3 Å². The van der Waals surface area contributed by atoms with E-state index in [0.29, 0.717) is 23.0 Å². The van der Waals surface area contributed by atoms with E-state index in [0.717, 1.165) is 22.6 Å². The van der Waals surface area contributed by atoms with Crippen LogP contribution in [0.15, 0.2) is 89.7 Å². The Morgan fingerprint density at radius 3 is 2.79 bits per heavy atom. The van der Waals surface area contributed by atoms with Crippen LogP contribution >= 0.6 is 12.2 Å². The van der Waals surface area contributed by atoms with Crippen LogP contribution in [0.4, 0.5) is 0 Å². The Morgan fingerprint density at radius 1 is 1.12 bits per heavy atom. The Balaban J connectivity index is 1.52. The molecule has 170 valence electrons. The molecule has 0 bridgehead atoms. The number of carbonyl (C=O) groups excluding carboxylic acids is 1. The van der Waals surface area contributed by atoms with Gasteiger partial charge < -0.3 is 19.4 Å². The monoisotopic (exact) mass is 470 g/mol. The summed E-state index contributed by atoms with van der Waals surface area (Å²) < 4.78 is 11.2. The normalized spacial score (nSPS) is 17.4. The van der Waals surface area contributed by atoms with Crippen molar-refractivity contribution < 1.29 is 13.9 Å². The first kappa shape index (κ1) is 21.8. The number of nitrogens with one attached hydrogen (secondary N) is 1. The largest absolute Gasteiger partial charge is 0.465 e. The molecule has 1 aromatic carbocycles. The molecule has 1 saturated heterocycles. The molecule has 1 N–H and O–H groups in total. The van der Waals surface area contributed by atoms with Crippen LogP contribution in [0.3, 0.4) is 0 Å². The summed E-state index contributed by atoms with van der Waals surface area (Å²) >= 11 is 5.73. The standard InChI is InChI=1S/C26H22N4O3S/c1-32-25(31)19-8-4-7-18(14-19)21-10-11-22(33-21)24-23(20-9-2-3-13-28-20)29-26(34)30(24)16-17-6-5-12-27-15-17/h2-15,23-24H,16H2,1H3,(H,29,34)/t23-,24-/m0/s1. The molecule has 1 fully saturated rings. The van der Waals surface area contributed by atoms with E-state index >= 15 is 0 Å². The van der Waals surface area contributed by atoms with E-state index in [4.69, 9.17) is 21.4 Å². The van der Waals surface area contributed by atoms with Gasteiger partial charge in [-0.1, -0.05) is 24.3 Å². The van der Waals surface area contributed by atoms with Gasteiger partial charge in [-0.25, -0.2) is 4.79 Å². The quantitative estimate of drug-likeness (QED) is 0.321. The Hall–Kier alpha value is -4.04. The van der Waals surface area contributed by atoms with Crippen LogP contribution in [0.5, 0.6) is 0 Å². The maximum Gasteiger partial charge on any atom is 0.337 e. The second-order valence-corrected chi connectivity index (χ2v) is 8.28. The fourth-order valence-electron chi connectivity index (χ4n) is 4.16. The Bertz CT molecular complexity index is 1310. The van der Waals surface area contributed by atoms with E-state index in [-0.39, 0.29) is 12.1 Å². The number of rotatable bonds is 6. The van der Waals surface area contributed by atoms with Crippen LogP contribution in [-0.2, 0) is 11.3 Å². The third kappa shape index (κ3) is 4.27. The Morgan fingerprint density at radius 2 is 2.03 bits per heavy atom. The van der Waals surface area contributed by atoms with Gasteiger partial charge in [0.05, 0.1) is 24.4 Å². The van der Waals surface area contributed by atoms with Crippen LogP contribution < -0.4 is 5.32 Å². The van der Waals surface area contributed by atoms with Crippen molar-refractivity contribution in [3.63, 3.8) is 0 Å². The van der Waals surface area contributed by atoms with Crippen LogP contribution in [0, 0.1) is 0 Å². The molecule has 1 aliphatic rings. The van der Waals surface area contributed by atoms with Gasteiger partial charge in [0.25, 0.3) is 0 Å². The lowest BCUT2D eigenvalue weighted by atomic mass is 10.0. The summed E-state index contributed by atoms with van der Waals surface area (Å²) in [7, 11) is 1.37. The minimum absolute atomic E-state index is 0.189. The summed E-state index contributed by atoms with van der Waals surface area (Å²) in [6.45, 7) is 0.571. The number of nitrogens with zero attached hydrogens (tertiary/aromatic N) is 3. The molecule has 34 heavy (non-hydrogen) atoms. The highest BCUT2D eigenvalue weighted by atomic mass is 32.1. The zero-order chi connectivity index (χ0) is 23.5. The highest BCUT2D eigenvalue weighted by molar-refractivity contribution is 7.80. The van der Waals surface area contributed by atoms with Crippen molar-refractivity contribution in [2.24, 2.45) is 0 Å². The zero-order valence-electron chi connectivity index (χ0n) is 18.4. The van der Waals surface area contributed by atoms with Crippen molar-refractivity contribution in [3.8, 4) is 11.3 Å². The molecule has 0 radical (unpaired) electrons. The van der Waals surface area contributed by atoms with Gasteiger partial charge in [0, 0.05) is 30.7 Å². The van der Waals surface area contributed by atoms with Gasteiger partial charge in [-0.05, 0) is 60.2 Å². The third-order valence-corrected chi connectivity index (χ3v) is 6.11. The molecule has 5 rings (SSSR count). The third-order valence-electron chi connectivity index (χ3n) is 5.76. The van der Waals surface area contributed by atoms with E-state index in [9.17, 15) is 4.79 Å². The summed E-state index contributed by atoms with van der Waals surface area (Å²) in [5.74, 6) is 1.00. The fraction of sp³-hybridized carbons (Fsp3) is 0.154. The molecule has 4 heterocycles. The summed E-state index contributed by atoms with van der Waals surface area (Å²) in [5, 5.41) is 4.04. The highest BCUT2D eigenvalue weighted by Gasteiger charge is 2.41.